The van der Waals surface area contributed by atoms with Gasteiger partial charge in [0.25, 0.3) is 0 Å². The van der Waals surface area contributed by atoms with E-state index in [1.54, 1.807) is 6.07 Å². The van der Waals surface area contributed by atoms with Crippen molar-refractivity contribution in [1.82, 2.24) is 0 Å². The number of benzene rings is 1. The van der Waals surface area contributed by atoms with Gasteiger partial charge in [-0.05, 0) is 11.6 Å². The third-order valence-corrected chi connectivity index (χ3v) is 3.81. The molecule has 0 radical (unpaired) electrons. The maximum absolute atomic E-state index is 11.7. The van der Waals surface area contributed by atoms with Crippen LogP contribution in [0.5, 0.6) is 0 Å². The first kappa shape index (κ1) is 17.9. The second kappa shape index (κ2) is 6.21. The lowest BCUT2D eigenvalue weighted by Crippen LogP contribution is -2.54. The lowest BCUT2D eigenvalue weighted by molar-refractivity contribution is -0.166. The number of carbonyl (C=O) groups is 4. The summed E-state index contributed by atoms with van der Waals surface area (Å²) in [5.74, 6) is -10.2. The first-order valence-electron chi connectivity index (χ1n) is 6.79. The Kier molecular flexibility index (Phi) is 4.44. The van der Waals surface area contributed by atoms with Crippen LogP contribution in [-0.2, 0) is 19.2 Å². The Morgan fingerprint density at radius 3 is 1.84 bits per heavy atom. The normalized spacial score (nSPS) is 22.9. The quantitative estimate of drug-likeness (QED) is 0.494. The van der Waals surface area contributed by atoms with E-state index in [0.29, 0.717) is 6.08 Å². The molecule has 5 N–H and O–H groups in total. The topological polar surface area (TPSA) is 169 Å². The second-order valence-corrected chi connectivity index (χ2v) is 5.20. The van der Waals surface area contributed by atoms with Crippen LogP contribution in [0.15, 0.2) is 47.6 Å². The lowest BCUT2D eigenvalue weighted by Gasteiger charge is -2.36. The van der Waals surface area contributed by atoms with Crippen LogP contribution in [-0.4, -0.2) is 55.0 Å². The summed E-state index contributed by atoms with van der Waals surface area (Å²) in [5, 5.41) is 48.0. The van der Waals surface area contributed by atoms with Crippen molar-refractivity contribution in [2.45, 2.75) is 5.60 Å². The first-order valence-corrected chi connectivity index (χ1v) is 6.79. The maximum atomic E-state index is 11.7. The summed E-state index contributed by atoms with van der Waals surface area (Å²) in [4.78, 5) is 46.1. The SMILES string of the molecule is O=C(O)C1=C(C(=O)O)C(C(=O)O)C(O)(C(=O)O)C(c2ccccc2)=C1. The molecule has 0 bridgehead atoms. The third-order valence-electron chi connectivity index (χ3n) is 3.81. The number of rotatable bonds is 5. The Morgan fingerprint density at radius 2 is 1.44 bits per heavy atom. The predicted molar refractivity (Wildman–Crippen MR) is 80.4 cm³/mol. The van der Waals surface area contributed by atoms with Crippen molar-refractivity contribution in [2.75, 3.05) is 0 Å². The van der Waals surface area contributed by atoms with Gasteiger partial charge in [0.1, 0.15) is 5.92 Å². The molecular formula is C16H12O9. The van der Waals surface area contributed by atoms with Crippen molar-refractivity contribution in [2.24, 2.45) is 5.92 Å². The van der Waals surface area contributed by atoms with E-state index in [1.807, 2.05) is 0 Å². The Morgan fingerprint density at radius 1 is 0.880 bits per heavy atom. The Labute approximate surface area is 139 Å². The van der Waals surface area contributed by atoms with Crippen LogP contribution >= 0.6 is 0 Å². The number of hydrogen-bond donors (Lipinski definition) is 5. The highest BCUT2D eigenvalue weighted by molar-refractivity contribution is 6.13. The summed E-state index contributed by atoms with van der Waals surface area (Å²) >= 11 is 0. The summed E-state index contributed by atoms with van der Waals surface area (Å²) < 4.78 is 0. The molecule has 0 saturated heterocycles. The minimum atomic E-state index is -3.17. The van der Waals surface area contributed by atoms with E-state index in [9.17, 15) is 44.7 Å². The van der Waals surface area contributed by atoms with Crippen LogP contribution in [0.25, 0.3) is 5.57 Å². The molecule has 9 nitrogen and oxygen atoms in total. The highest BCUT2D eigenvalue weighted by atomic mass is 16.4. The molecule has 1 aromatic carbocycles. The van der Waals surface area contributed by atoms with Crippen LogP contribution in [0.4, 0.5) is 0 Å². The van der Waals surface area contributed by atoms with Gasteiger partial charge in [0.05, 0.1) is 11.1 Å². The highest BCUT2D eigenvalue weighted by Gasteiger charge is 2.58. The standard InChI is InChI=1S/C16H12O9/c17-12(18)8-6-9(7-4-2-1-3-5-7)16(25,15(23)24)11(14(21)22)10(8)13(19)20/h1-6,11,25H,(H,17,18)(H,19,20)(H,21,22)(H,23,24). The van der Waals surface area contributed by atoms with Crippen molar-refractivity contribution >= 4 is 29.5 Å². The summed E-state index contributed by atoms with van der Waals surface area (Å²) in [6.07, 6.45) is 0.675. The molecule has 9 heteroatoms. The zero-order chi connectivity index (χ0) is 18.9. The van der Waals surface area contributed by atoms with Gasteiger partial charge < -0.3 is 25.5 Å². The first-order chi connectivity index (χ1) is 11.6. The van der Waals surface area contributed by atoms with Gasteiger partial charge in [-0.2, -0.15) is 0 Å². The number of hydrogen-bond acceptors (Lipinski definition) is 5. The molecule has 0 spiro atoms. The maximum Gasteiger partial charge on any atom is 0.341 e. The highest BCUT2D eigenvalue weighted by Crippen LogP contribution is 2.43. The van der Waals surface area contributed by atoms with E-state index < -0.39 is 52.1 Å². The van der Waals surface area contributed by atoms with Crippen molar-refractivity contribution in [3.05, 3.63) is 53.1 Å². The molecule has 1 aliphatic carbocycles. The molecule has 2 atom stereocenters. The molecule has 0 fully saturated rings. The van der Waals surface area contributed by atoms with Crippen molar-refractivity contribution in [3.8, 4) is 0 Å². The van der Waals surface area contributed by atoms with E-state index in [-0.39, 0.29) is 5.56 Å². The van der Waals surface area contributed by atoms with E-state index in [1.165, 1.54) is 24.3 Å². The van der Waals surface area contributed by atoms with E-state index >= 15 is 0 Å². The van der Waals surface area contributed by atoms with Crippen LogP contribution in [0.2, 0.25) is 0 Å². The largest absolute Gasteiger partial charge is 0.481 e. The molecule has 0 heterocycles. The zero-order valence-electron chi connectivity index (χ0n) is 12.4. The minimum absolute atomic E-state index is 0.0434. The van der Waals surface area contributed by atoms with Crippen LogP contribution in [0, 0.1) is 5.92 Å². The van der Waals surface area contributed by atoms with Crippen molar-refractivity contribution < 1.29 is 44.7 Å². The Bertz CT molecular complexity index is 834. The van der Waals surface area contributed by atoms with Crippen LogP contribution in [0.1, 0.15) is 5.56 Å². The fourth-order valence-electron chi connectivity index (χ4n) is 2.73. The molecule has 130 valence electrons. The van der Waals surface area contributed by atoms with E-state index in [4.69, 9.17) is 0 Å². The van der Waals surface area contributed by atoms with Gasteiger partial charge in [-0.3, -0.25) is 4.79 Å². The Balaban J connectivity index is 2.94. The molecule has 0 aliphatic heterocycles. The van der Waals surface area contributed by atoms with Gasteiger partial charge in [0.2, 0.25) is 5.60 Å². The molecule has 2 unspecified atom stereocenters. The Hall–Kier alpha value is -3.46. The van der Waals surface area contributed by atoms with E-state index in [2.05, 4.69) is 0 Å². The average Bonchev–Trinajstić information content (AvgIpc) is 2.53. The second-order valence-electron chi connectivity index (χ2n) is 5.20. The van der Waals surface area contributed by atoms with Crippen LogP contribution in [0.3, 0.4) is 0 Å². The van der Waals surface area contributed by atoms with Gasteiger partial charge >= 0.3 is 23.9 Å². The fourth-order valence-corrected chi connectivity index (χ4v) is 2.73. The number of aliphatic hydroxyl groups is 1. The predicted octanol–water partition coefficient (Wildman–Crippen LogP) is 0.0659. The monoisotopic (exact) mass is 348 g/mol. The van der Waals surface area contributed by atoms with Gasteiger partial charge in [0, 0.05) is 5.57 Å². The molecule has 0 aromatic heterocycles. The van der Waals surface area contributed by atoms with Gasteiger partial charge in [-0.15, -0.1) is 0 Å². The van der Waals surface area contributed by atoms with E-state index in [0.717, 1.165) is 0 Å². The molecular weight excluding hydrogens is 336 g/mol. The van der Waals surface area contributed by atoms with Gasteiger partial charge in [0.15, 0.2) is 0 Å². The smallest absolute Gasteiger partial charge is 0.341 e. The number of carboxylic acids is 4. The molecule has 1 aliphatic rings. The average molecular weight is 348 g/mol. The molecule has 25 heavy (non-hydrogen) atoms. The molecule has 1 aromatic rings. The fraction of sp³-hybridized carbons (Fsp3) is 0.125. The molecule has 2 rings (SSSR count). The van der Waals surface area contributed by atoms with Crippen LogP contribution < -0.4 is 0 Å². The number of carboxylic acid groups (broad SMARTS) is 4. The van der Waals surface area contributed by atoms with Crippen molar-refractivity contribution in [3.63, 3.8) is 0 Å². The molecule has 0 amide bonds. The third kappa shape index (κ3) is 2.76. The summed E-state index contributed by atoms with van der Waals surface area (Å²) in [6, 6.07) is 7.17. The van der Waals surface area contributed by atoms with Crippen molar-refractivity contribution in [1.29, 1.82) is 0 Å². The van der Waals surface area contributed by atoms with Gasteiger partial charge in [-0.25, -0.2) is 14.4 Å². The lowest BCUT2D eigenvalue weighted by atomic mass is 9.69. The molecule has 0 saturated carbocycles. The summed E-state index contributed by atoms with van der Waals surface area (Å²) in [6.45, 7) is 0. The minimum Gasteiger partial charge on any atom is -0.481 e. The van der Waals surface area contributed by atoms with Gasteiger partial charge in [-0.1, -0.05) is 30.3 Å². The number of aliphatic carboxylic acids is 4. The summed E-state index contributed by atoms with van der Waals surface area (Å²) in [5.41, 5.74) is -5.79. The zero-order valence-corrected chi connectivity index (χ0v) is 12.4. The summed E-state index contributed by atoms with van der Waals surface area (Å²) in [7, 11) is 0.